The van der Waals surface area contributed by atoms with Crippen LogP contribution in [0.15, 0.2) is 24.5 Å². The summed E-state index contributed by atoms with van der Waals surface area (Å²) < 4.78 is 0. The van der Waals surface area contributed by atoms with Crippen molar-refractivity contribution in [3.63, 3.8) is 0 Å². The molecule has 2 nitrogen and oxygen atoms in total. The Labute approximate surface area is 64.7 Å². The van der Waals surface area contributed by atoms with E-state index >= 15 is 0 Å². The van der Waals surface area contributed by atoms with E-state index in [4.69, 9.17) is 5.73 Å². The van der Waals surface area contributed by atoms with Crippen LogP contribution in [0.4, 0.5) is 5.69 Å². The first-order valence-corrected chi connectivity index (χ1v) is 3.29. The summed E-state index contributed by atoms with van der Waals surface area (Å²) in [5.41, 5.74) is 6.29. The fourth-order valence-corrected chi connectivity index (χ4v) is 1.01. The predicted octanol–water partition coefficient (Wildman–Crippen LogP) is 1.42. The van der Waals surface area contributed by atoms with Gasteiger partial charge in [0.25, 0.3) is 0 Å². The van der Waals surface area contributed by atoms with Crippen molar-refractivity contribution < 1.29 is 0 Å². The number of anilines is 1. The maximum absolute atomic E-state index is 5.64. The second-order valence-corrected chi connectivity index (χ2v) is 2.30. The molecule has 0 aliphatic rings. The number of hydrogen-bond donors (Lipinski definition) is 1. The second-order valence-electron chi connectivity index (χ2n) is 2.30. The van der Waals surface area contributed by atoms with Gasteiger partial charge in [-0.15, -0.1) is 0 Å². The lowest BCUT2D eigenvalue weighted by Crippen LogP contribution is -1.86. The molecule has 0 aliphatic heterocycles. The van der Waals surface area contributed by atoms with Gasteiger partial charge in [-0.1, -0.05) is 12.1 Å². The summed E-state index contributed by atoms with van der Waals surface area (Å²) in [5.74, 6) is 0. The second kappa shape index (κ2) is 2.14. The molecule has 0 radical (unpaired) electrons. The van der Waals surface area contributed by atoms with Crippen molar-refractivity contribution >= 4 is 16.5 Å². The number of nitrogen functional groups attached to an aromatic ring is 1. The minimum absolute atomic E-state index is 0.652. The van der Waals surface area contributed by atoms with E-state index < -0.39 is 0 Å². The van der Waals surface area contributed by atoms with E-state index in [1.807, 2.05) is 6.07 Å². The van der Waals surface area contributed by atoms with Gasteiger partial charge in [-0.05, 0) is 12.1 Å². The van der Waals surface area contributed by atoms with Gasteiger partial charge in [0, 0.05) is 11.6 Å². The van der Waals surface area contributed by atoms with E-state index in [9.17, 15) is 0 Å². The molecule has 2 N–H and O–H groups in total. The van der Waals surface area contributed by atoms with Crippen LogP contribution in [0.5, 0.6) is 0 Å². The lowest BCUT2D eigenvalue weighted by atomic mass is 10.2. The number of nitrogens with zero attached hydrogens (tertiary/aromatic N) is 1. The van der Waals surface area contributed by atoms with E-state index in [0.29, 0.717) is 5.69 Å². The van der Waals surface area contributed by atoms with Gasteiger partial charge in [0.15, 0.2) is 0 Å². The van der Waals surface area contributed by atoms with E-state index in [-0.39, 0.29) is 0 Å². The van der Waals surface area contributed by atoms with Crippen LogP contribution in [0.3, 0.4) is 0 Å². The monoisotopic (exact) mass is 142 g/mol. The highest BCUT2D eigenvalue weighted by Crippen LogP contribution is 2.14. The SMILES string of the molecule is Nc1cncc2ccc#cc12. The van der Waals surface area contributed by atoms with Crippen LogP contribution in [0.2, 0.25) is 0 Å². The Kier molecular flexibility index (Phi) is 1.16. The van der Waals surface area contributed by atoms with Gasteiger partial charge in [-0.2, -0.15) is 0 Å². The van der Waals surface area contributed by atoms with Crippen LogP contribution in [0.25, 0.3) is 10.8 Å². The van der Waals surface area contributed by atoms with Crippen LogP contribution in [0.1, 0.15) is 0 Å². The van der Waals surface area contributed by atoms with Gasteiger partial charge in [0.2, 0.25) is 0 Å². The largest absolute Gasteiger partial charge is 0.396 e. The van der Waals surface area contributed by atoms with E-state index in [0.717, 1.165) is 10.8 Å². The number of rotatable bonds is 0. The normalized spacial score (nSPS) is 9.45. The Morgan fingerprint density at radius 1 is 1.36 bits per heavy atom. The predicted molar refractivity (Wildman–Crippen MR) is 43.8 cm³/mol. The molecule has 52 valence electrons. The third-order valence-corrected chi connectivity index (χ3v) is 1.55. The summed E-state index contributed by atoms with van der Waals surface area (Å²) in [6.07, 6.45) is 3.38. The molecule has 0 fully saturated rings. The summed E-state index contributed by atoms with van der Waals surface area (Å²) in [6.45, 7) is 0. The Morgan fingerprint density at radius 2 is 2.27 bits per heavy atom. The van der Waals surface area contributed by atoms with Crippen molar-refractivity contribution in [2.24, 2.45) is 0 Å². The fourth-order valence-electron chi connectivity index (χ4n) is 1.01. The molecule has 0 bridgehead atoms. The minimum atomic E-state index is 0.652. The molecule has 0 saturated heterocycles. The lowest BCUT2D eigenvalue weighted by molar-refractivity contribution is 1.37. The van der Waals surface area contributed by atoms with Gasteiger partial charge >= 0.3 is 0 Å². The molecule has 1 aromatic heterocycles. The zero-order chi connectivity index (χ0) is 7.68. The highest BCUT2D eigenvalue weighted by atomic mass is 14.7. The molecule has 2 rings (SSSR count). The highest BCUT2D eigenvalue weighted by molar-refractivity contribution is 5.89. The van der Waals surface area contributed by atoms with Crippen molar-refractivity contribution in [2.75, 3.05) is 5.73 Å². The Morgan fingerprint density at radius 3 is 3.09 bits per heavy atom. The highest BCUT2D eigenvalue weighted by Gasteiger charge is 1.93. The zero-order valence-corrected chi connectivity index (χ0v) is 5.83. The molecule has 2 aromatic rings. The molecular formula is C9H6N2. The van der Waals surface area contributed by atoms with Crippen LogP contribution in [0, 0.1) is 12.1 Å². The van der Waals surface area contributed by atoms with Crippen LogP contribution in [-0.4, -0.2) is 4.98 Å². The van der Waals surface area contributed by atoms with Gasteiger partial charge in [-0.3, -0.25) is 4.98 Å². The van der Waals surface area contributed by atoms with Crippen molar-refractivity contribution in [1.29, 1.82) is 0 Å². The topological polar surface area (TPSA) is 38.9 Å². The molecule has 0 unspecified atom stereocenters. The number of hydrogen-bond acceptors (Lipinski definition) is 2. The molecule has 0 atom stereocenters. The molecule has 11 heavy (non-hydrogen) atoms. The average Bonchev–Trinajstić information content (AvgIpc) is 2.06. The first-order valence-electron chi connectivity index (χ1n) is 3.29. The summed E-state index contributed by atoms with van der Waals surface area (Å²) in [6, 6.07) is 9.48. The van der Waals surface area contributed by atoms with E-state index in [1.54, 1.807) is 18.5 Å². The summed E-state index contributed by atoms with van der Waals surface area (Å²) in [4.78, 5) is 3.95. The minimum Gasteiger partial charge on any atom is -0.396 e. The molecule has 2 heteroatoms. The molecule has 0 spiro atoms. The maximum Gasteiger partial charge on any atom is 0.0665 e. The van der Waals surface area contributed by atoms with Crippen LogP contribution < -0.4 is 5.73 Å². The Hall–Kier alpha value is -1.75. The van der Waals surface area contributed by atoms with Crippen LogP contribution in [-0.2, 0) is 0 Å². The van der Waals surface area contributed by atoms with Gasteiger partial charge in [-0.25, -0.2) is 0 Å². The third-order valence-electron chi connectivity index (χ3n) is 1.55. The fraction of sp³-hybridized carbons (Fsp3) is 0. The Bertz CT molecular complexity index is 377. The smallest absolute Gasteiger partial charge is 0.0665 e. The van der Waals surface area contributed by atoms with Crippen molar-refractivity contribution in [2.45, 2.75) is 0 Å². The summed E-state index contributed by atoms with van der Waals surface area (Å²) in [7, 11) is 0. The molecule has 0 amide bonds. The van der Waals surface area contributed by atoms with E-state index in [1.165, 1.54) is 0 Å². The number of pyridine rings is 1. The van der Waals surface area contributed by atoms with Gasteiger partial charge < -0.3 is 5.73 Å². The number of fused-ring (bicyclic) bond motifs is 1. The third kappa shape index (κ3) is 0.870. The summed E-state index contributed by atoms with van der Waals surface area (Å²) in [5, 5.41) is 1.89. The molecule has 1 aromatic carbocycles. The van der Waals surface area contributed by atoms with Gasteiger partial charge in [0.1, 0.15) is 0 Å². The first-order chi connectivity index (χ1) is 5.38. The Balaban J connectivity index is 2.91. The van der Waals surface area contributed by atoms with E-state index in [2.05, 4.69) is 17.1 Å². The lowest BCUT2D eigenvalue weighted by Gasteiger charge is -1.94. The summed E-state index contributed by atoms with van der Waals surface area (Å²) >= 11 is 0. The zero-order valence-electron chi connectivity index (χ0n) is 5.83. The first kappa shape index (κ1) is 5.99. The molecular weight excluding hydrogens is 136 g/mol. The quantitative estimate of drug-likeness (QED) is 0.604. The van der Waals surface area contributed by atoms with Gasteiger partial charge in [0.05, 0.1) is 17.3 Å². The number of nitrogens with two attached hydrogens (primary N) is 1. The standard InChI is InChI=1S/C9H6N2/c10-9-6-11-5-7-3-1-2-4-8(7)9/h1,3,5-6H,10H2. The van der Waals surface area contributed by atoms with Crippen molar-refractivity contribution in [3.05, 3.63) is 36.7 Å². The molecule has 0 saturated carbocycles. The molecule has 0 aliphatic carbocycles. The maximum atomic E-state index is 5.64. The number of aromatic nitrogens is 1. The average molecular weight is 142 g/mol. The molecule has 1 heterocycles. The van der Waals surface area contributed by atoms with Crippen molar-refractivity contribution in [1.82, 2.24) is 4.98 Å². The van der Waals surface area contributed by atoms with Crippen LogP contribution >= 0.6 is 0 Å². The van der Waals surface area contributed by atoms with Crippen molar-refractivity contribution in [3.8, 4) is 0 Å².